The molecule has 0 nitrogen and oxygen atoms in total. The first-order valence-electron chi connectivity index (χ1n) is 2.59. The molecule has 0 N–H and O–H groups in total. The highest BCUT2D eigenvalue weighted by molar-refractivity contribution is 5.06. The van der Waals surface area contributed by atoms with Crippen LogP contribution in [0.25, 0.3) is 0 Å². The first-order valence-corrected chi connectivity index (χ1v) is 2.59. The molecule has 0 fully saturated rings. The molecule has 0 spiro atoms. The summed E-state index contributed by atoms with van der Waals surface area (Å²) in [5, 5.41) is 0. The minimum atomic E-state index is 0.303. The van der Waals surface area contributed by atoms with Crippen molar-refractivity contribution in [2.75, 3.05) is 0 Å². The van der Waals surface area contributed by atoms with Crippen molar-refractivity contribution in [2.24, 2.45) is 5.92 Å². The maximum Gasteiger partial charge on any atom is 0.0428 e. The average molecular weight is 106 g/mol. The molecular weight excluding hydrogens is 96.1 g/mol. The Kier molecular flexibility index (Phi) is 3.76. The van der Waals surface area contributed by atoms with E-state index in [0.29, 0.717) is 5.92 Å². The van der Waals surface area contributed by atoms with Gasteiger partial charge < -0.3 is 0 Å². The zero-order chi connectivity index (χ0) is 6.41. The van der Waals surface area contributed by atoms with Gasteiger partial charge in [0.25, 0.3) is 0 Å². The fourth-order valence-electron chi connectivity index (χ4n) is 0.446. The van der Waals surface area contributed by atoms with Gasteiger partial charge in [-0.1, -0.05) is 12.5 Å². The maximum absolute atomic E-state index is 3.43. The number of rotatable bonds is 1. The van der Waals surface area contributed by atoms with E-state index in [9.17, 15) is 0 Å². The maximum atomic E-state index is 3.43. The van der Waals surface area contributed by atoms with Crippen LogP contribution < -0.4 is 0 Å². The van der Waals surface area contributed by atoms with E-state index >= 15 is 0 Å². The molecule has 0 aliphatic rings. The van der Waals surface area contributed by atoms with E-state index in [0.717, 1.165) is 0 Å². The van der Waals surface area contributed by atoms with E-state index in [1.165, 1.54) is 0 Å². The van der Waals surface area contributed by atoms with Gasteiger partial charge in [-0.3, -0.25) is 0 Å². The Bertz CT molecular complexity index is 149. The summed E-state index contributed by atoms with van der Waals surface area (Å²) in [5.74, 6) is 6.04. The summed E-state index contributed by atoms with van der Waals surface area (Å²) in [4.78, 5) is 0. The first kappa shape index (κ1) is 7.08. The van der Waals surface area contributed by atoms with Gasteiger partial charge in [-0.15, -0.1) is 11.7 Å². The van der Waals surface area contributed by atoms with Gasteiger partial charge in [0.1, 0.15) is 0 Å². The quantitative estimate of drug-likeness (QED) is 0.354. The molecule has 0 aromatic rings. The summed E-state index contributed by atoms with van der Waals surface area (Å²) >= 11 is 0. The molecule has 0 amide bonds. The van der Waals surface area contributed by atoms with E-state index in [1.54, 1.807) is 0 Å². The summed E-state index contributed by atoms with van der Waals surface area (Å²) in [6.45, 7) is 7.27. The zero-order valence-corrected chi connectivity index (χ0v) is 5.36. The zero-order valence-electron chi connectivity index (χ0n) is 5.36. The lowest BCUT2D eigenvalue weighted by atomic mass is 10.2. The Labute approximate surface area is 50.9 Å². The minimum Gasteiger partial charge on any atom is -0.132 e. The highest BCUT2D eigenvalue weighted by Gasteiger charge is 1.82. The molecule has 0 aliphatic heterocycles. The van der Waals surface area contributed by atoms with Crippen LogP contribution in [-0.2, 0) is 0 Å². The third-order valence-electron chi connectivity index (χ3n) is 0.740. The summed E-state index contributed by atoms with van der Waals surface area (Å²) in [6, 6.07) is 0. The topological polar surface area (TPSA) is 0 Å². The van der Waals surface area contributed by atoms with Gasteiger partial charge in [0.2, 0.25) is 0 Å². The van der Waals surface area contributed by atoms with E-state index in [4.69, 9.17) is 0 Å². The van der Waals surface area contributed by atoms with Gasteiger partial charge in [0.05, 0.1) is 0 Å². The number of hydrogen-bond donors (Lipinski definition) is 0. The van der Waals surface area contributed by atoms with Crippen molar-refractivity contribution in [3.63, 3.8) is 0 Å². The normalized spacial score (nSPS) is 10.2. The van der Waals surface area contributed by atoms with Crippen molar-refractivity contribution >= 4 is 0 Å². The van der Waals surface area contributed by atoms with Gasteiger partial charge in [-0.05, 0) is 19.9 Å². The Morgan fingerprint density at radius 3 is 2.62 bits per heavy atom. The standard InChI is InChI=1S/C8H10/c1-4-6-8(3)7-5-2/h6,8H,1H2,2-3H3. The number of allylic oxidation sites excluding steroid dienone is 1. The molecule has 0 radical (unpaired) electrons. The lowest BCUT2D eigenvalue weighted by molar-refractivity contribution is 0.982. The molecule has 0 heteroatoms. The van der Waals surface area contributed by atoms with Gasteiger partial charge in [0, 0.05) is 5.92 Å². The summed E-state index contributed by atoms with van der Waals surface area (Å²) in [6.07, 6.45) is 1.84. The third-order valence-corrected chi connectivity index (χ3v) is 0.740. The summed E-state index contributed by atoms with van der Waals surface area (Å²) in [5.41, 5.74) is 2.67. The second-order valence-corrected chi connectivity index (χ2v) is 1.55. The van der Waals surface area contributed by atoms with Gasteiger partial charge >= 0.3 is 0 Å². The Morgan fingerprint density at radius 1 is 1.62 bits per heavy atom. The van der Waals surface area contributed by atoms with Crippen molar-refractivity contribution in [1.29, 1.82) is 0 Å². The molecule has 0 saturated heterocycles. The second-order valence-electron chi connectivity index (χ2n) is 1.55. The van der Waals surface area contributed by atoms with Crippen LogP contribution >= 0.6 is 0 Å². The molecule has 0 rings (SSSR count). The first-order chi connectivity index (χ1) is 3.81. The van der Waals surface area contributed by atoms with Crippen LogP contribution in [0.3, 0.4) is 0 Å². The SMILES string of the molecule is C=C=CC(C)C#CC. The fraction of sp³-hybridized carbons (Fsp3) is 0.375. The molecule has 1 atom stereocenters. The van der Waals surface area contributed by atoms with Crippen LogP contribution in [0.15, 0.2) is 18.4 Å². The lowest BCUT2D eigenvalue weighted by Crippen LogP contribution is -1.78. The van der Waals surface area contributed by atoms with E-state index < -0.39 is 0 Å². The molecule has 8 heavy (non-hydrogen) atoms. The van der Waals surface area contributed by atoms with Gasteiger partial charge in [-0.2, -0.15) is 0 Å². The van der Waals surface area contributed by atoms with Crippen LogP contribution in [0.1, 0.15) is 13.8 Å². The molecule has 0 aliphatic carbocycles. The molecule has 0 aromatic heterocycles. The van der Waals surface area contributed by atoms with E-state index in [1.807, 2.05) is 19.9 Å². The Hall–Kier alpha value is -0.920. The summed E-state index contributed by atoms with van der Waals surface area (Å²) < 4.78 is 0. The molecule has 42 valence electrons. The molecule has 0 saturated carbocycles. The highest BCUT2D eigenvalue weighted by Crippen LogP contribution is 1.90. The van der Waals surface area contributed by atoms with Crippen molar-refractivity contribution in [1.82, 2.24) is 0 Å². The van der Waals surface area contributed by atoms with Crippen molar-refractivity contribution in [3.8, 4) is 11.8 Å². The lowest BCUT2D eigenvalue weighted by Gasteiger charge is -1.86. The van der Waals surface area contributed by atoms with Crippen LogP contribution in [0.4, 0.5) is 0 Å². The van der Waals surface area contributed by atoms with Crippen molar-refractivity contribution in [2.45, 2.75) is 13.8 Å². The van der Waals surface area contributed by atoms with E-state index in [2.05, 4.69) is 24.2 Å². The highest BCUT2D eigenvalue weighted by atomic mass is 13.9. The average Bonchev–Trinajstić information content (AvgIpc) is 1.68. The molecule has 0 heterocycles. The second kappa shape index (κ2) is 4.24. The van der Waals surface area contributed by atoms with Crippen LogP contribution in [0, 0.1) is 17.8 Å². The van der Waals surface area contributed by atoms with Crippen LogP contribution in [0.2, 0.25) is 0 Å². The predicted molar refractivity (Wildman–Crippen MR) is 36.3 cm³/mol. The monoisotopic (exact) mass is 106 g/mol. The summed E-state index contributed by atoms with van der Waals surface area (Å²) in [7, 11) is 0. The minimum absolute atomic E-state index is 0.303. The molecule has 0 bridgehead atoms. The van der Waals surface area contributed by atoms with Crippen LogP contribution in [0.5, 0.6) is 0 Å². The number of hydrogen-bond acceptors (Lipinski definition) is 0. The third kappa shape index (κ3) is 3.28. The molecule has 1 unspecified atom stereocenters. The molecule has 0 aromatic carbocycles. The fourth-order valence-corrected chi connectivity index (χ4v) is 0.446. The van der Waals surface area contributed by atoms with Crippen LogP contribution in [-0.4, -0.2) is 0 Å². The Balaban J connectivity index is 3.76. The van der Waals surface area contributed by atoms with Gasteiger partial charge in [-0.25, -0.2) is 0 Å². The predicted octanol–water partition coefficient (Wildman–Crippen LogP) is 1.99. The van der Waals surface area contributed by atoms with Gasteiger partial charge in [0.15, 0.2) is 0 Å². The molecular formula is C8H10. The van der Waals surface area contributed by atoms with Crippen molar-refractivity contribution in [3.05, 3.63) is 18.4 Å². The smallest absolute Gasteiger partial charge is 0.0428 e. The van der Waals surface area contributed by atoms with Crippen molar-refractivity contribution < 1.29 is 0 Å². The Morgan fingerprint density at radius 2 is 2.25 bits per heavy atom. The largest absolute Gasteiger partial charge is 0.132 e. The van der Waals surface area contributed by atoms with E-state index in [-0.39, 0.29) is 0 Å².